The number of carbonyl (C=O) groups excluding carboxylic acids is 1. The van der Waals surface area contributed by atoms with Crippen LogP contribution in [0.3, 0.4) is 0 Å². The number of carbonyl (C=O) groups is 1. The third-order valence-electron chi connectivity index (χ3n) is 3.90. The molecule has 1 aliphatic heterocycles. The van der Waals surface area contributed by atoms with Crippen molar-refractivity contribution in [1.29, 1.82) is 0 Å². The predicted octanol–water partition coefficient (Wildman–Crippen LogP) is 2.73. The van der Waals surface area contributed by atoms with Crippen LogP contribution in [0, 0.1) is 0 Å². The smallest absolute Gasteiger partial charge is 0.379 e. The molecule has 0 aromatic carbocycles. The molecule has 2 heterocycles. The molecule has 0 saturated carbocycles. The molecule has 5 nitrogen and oxygen atoms in total. The van der Waals surface area contributed by atoms with Crippen LogP contribution in [0.25, 0.3) is 0 Å². The van der Waals surface area contributed by atoms with Crippen LogP contribution in [-0.4, -0.2) is 52.6 Å². The maximum Gasteiger partial charge on any atom is 0.406 e. The van der Waals surface area contributed by atoms with Crippen molar-refractivity contribution in [2.45, 2.75) is 44.8 Å². The number of halogens is 3. The zero-order valence-corrected chi connectivity index (χ0v) is 13.6. The number of ether oxygens (including phenoxy) is 1. The molecule has 1 amide bonds. The summed E-state index contributed by atoms with van der Waals surface area (Å²) in [6, 6.07) is 1.01. The van der Waals surface area contributed by atoms with Gasteiger partial charge in [-0.05, 0) is 24.8 Å². The monoisotopic (exact) mass is 333 g/mol. The fourth-order valence-electron chi connectivity index (χ4n) is 2.65. The van der Waals surface area contributed by atoms with E-state index in [0.29, 0.717) is 25.1 Å². The Kier molecular flexibility index (Phi) is 5.33. The Balaban J connectivity index is 2.28. The van der Waals surface area contributed by atoms with E-state index in [2.05, 4.69) is 5.10 Å². The van der Waals surface area contributed by atoms with E-state index in [1.165, 1.54) is 4.68 Å². The summed E-state index contributed by atoms with van der Waals surface area (Å²) in [5, 5.41) is 4.21. The van der Waals surface area contributed by atoms with Crippen molar-refractivity contribution >= 4 is 5.91 Å². The van der Waals surface area contributed by atoms with Gasteiger partial charge in [0.2, 0.25) is 0 Å². The average Bonchev–Trinajstić information content (AvgIpc) is 2.86. The van der Waals surface area contributed by atoms with Crippen LogP contribution >= 0.6 is 0 Å². The third kappa shape index (κ3) is 4.46. The van der Waals surface area contributed by atoms with Gasteiger partial charge in [-0.25, -0.2) is 0 Å². The van der Waals surface area contributed by atoms with Gasteiger partial charge in [0.05, 0.1) is 18.3 Å². The van der Waals surface area contributed by atoms with E-state index in [-0.39, 0.29) is 18.2 Å². The number of aryl methyl sites for hydroxylation is 1. The Labute approximate surface area is 133 Å². The Morgan fingerprint density at radius 3 is 2.70 bits per heavy atom. The van der Waals surface area contributed by atoms with Gasteiger partial charge in [0.25, 0.3) is 5.91 Å². The lowest BCUT2D eigenvalue weighted by Gasteiger charge is -2.34. The topological polar surface area (TPSA) is 47.4 Å². The van der Waals surface area contributed by atoms with Gasteiger partial charge in [-0.3, -0.25) is 9.48 Å². The molecule has 0 bridgehead atoms. The quantitative estimate of drug-likeness (QED) is 0.851. The van der Waals surface area contributed by atoms with E-state index in [1.807, 2.05) is 13.8 Å². The van der Waals surface area contributed by atoms with Crippen molar-refractivity contribution in [2.24, 2.45) is 7.05 Å². The minimum Gasteiger partial charge on any atom is -0.379 e. The zero-order chi connectivity index (χ0) is 17.2. The summed E-state index contributed by atoms with van der Waals surface area (Å²) in [6.07, 6.45) is -3.29. The summed E-state index contributed by atoms with van der Waals surface area (Å²) in [5.41, 5.74) is 0.853. The van der Waals surface area contributed by atoms with Crippen LogP contribution < -0.4 is 0 Å². The molecule has 0 aliphatic carbocycles. The van der Waals surface area contributed by atoms with Crippen molar-refractivity contribution < 1.29 is 22.7 Å². The molecule has 8 heteroatoms. The number of alkyl halides is 3. The molecule has 2 rings (SSSR count). The van der Waals surface area contributed by atoms with Crippen LogP contribution in [0.4, 0.5) is 13.2 Å². The van der Waals surface area contributed by atoms with Crippen molar-refractivity contribution in [3.63, 3.8) is 0 Å². The van der Waals surface area contributed by atoms with Crippen molar-refractivity contribution in [3.8, 4) is 0 Å². The number of hydrogen-bond acceptors (Lipinski definition) is 3. The maximum atomic E-state index is 12.9. The van der Waals surface area contributed by atoms with Crippen molar-refractivity contribution in [1.82, 2.24) is 14.7 Å². The van der Waals surface area contributed by atoms with Gasteiger partial charge in [0, 0.05) is 13.7 Å². The second kappa shape index (κ2) is 6.90. The fourth-order valence-corrected chi connectivity index (χ4v) is 2.65. The second-order valence-electron chi connectivity index (χ2n) is 6.15. The van der Waals surface area contributed by atoms with Crippen LogP contribution in [0.15, 0.2) is 6.07 Å². The van der Waals surface area contributed by atoms with E-state index in [4.69, 9.17) is 4.74 Å². The zero-order valence-electron chi connectivity index (χ0n) is 13.6. The summed E-state index contributed by atoms with van der Waals surface area (Å²) in [7, 11) is 1.57. The SMILES string of the molecule is CC(C)c1cc(C(=O)N(CC(F)(F)F)[C@H]2CCCOC2)n(C)n1. The molecule has 0 radical (unpaired) electrons. The van der Waals surface area contributed by atoms with Gasteiger partial charge in [0.15, 0.2) is 0 Å². The van der Waals surface area contributed by atoms with Gasteiger partial charge < -0.3 is 9.64 Å². The first-order valence-electron chi connectivity index (χ1n) is 7.68. The highest BCUT2D eigenvalue weighted by molar-refractivity contribution is 5.93. The minimum atomic E-state index is -4.45. The molecule has 1 aromatic heterocycles. The molecule has 1 aromatic rings. The van der Waals surface area contributed by atoms with E-state index in [1.54, 1.807) is 13.1 Å². The molecule has 1 fully saturated rings. The molecule has 130 valence electrons. The normalized spacial score (nSPS) is 19.2. The number of hydrogen-bond donors (Lipinski definition) is 0. The lowest BCUT2D eigenvalue weighted by atomic mass is 10.1. The highest BCUT2D eigenvalue weighted by atomic mass is 19.4. The molecular formula is C15H22F3N3O2. The molecule has 0 N–H and O–H groups in total. The number of aromatic nitrogens is 2. The van der Waals surface area contributed by atoms with E-state index in [9.17, 15) is 18.0 Å². The first-order valence-corrected chi connectivity index (χ1v) is 7.68. The lowest BCUT2D eigenvalue weighted by molar-refractivity contribution is -0.148. The summed E-state index contributed by atoms with van der Waals surface area (Å²) in [4.78, 5) is 13.6. The first kappa shape index (κ1) is 17.8. The number of nitrogens with zero attached hydrogens (tertiary/aromatic N) is 3. The largest absolute Gasteiger partial charge is 0.406 e. The van der Waals surface area contributed by atoms with Gasteiger partial charge in [-0.2, -0.15) is 18.3 Å². The van der Waals surface area contributed by atoms with Gasteiger partial charge in [-0.1, -0.05) is 13.8 Å². The minimum absolute atomic E-state index is 0.0943. The van der Waals surface area contributed by atoms with E-state index >= 15 is 0 Å². The highest BCUT2D eigenvalue weighted by Gasteiger charge is 2.38. The molecule has 1 saturated heterocycles. The summed E-state index contributed by atoms with van der Waals surface area (Å²) in [6.45, 7) is 3.21. The Morgan fingerprint density at radius 1 is 1.52 bits per heavy atom. The fraction of sp³-hybridized carbons (Fsp3) is 0.733. The highest BCUT2D eigenvalue weighted by Crippen LogP contribution is 2.24. The Bertz CT molecular complexity index is 549. The van der Waals surface area contributed by atoms with Crippen LogP contribution in [0.2, 0.25) is 0 Å². The van der Waals surface area contributed by atoms with Crippen molar-refractivity contribution in [3.05, 3.63) is 17.5 Å². The Hall–Kier alpha value is -1.57. The van der Waals surface area contributed by atoms with Gasteiger partial charge in [0.1, 0.15) is 12.2 Å². The van der Waals surface area contributed by atoms with Gasteiger partial charge in [-0.15, -0.1) is 0 Å². The summed E-state index contributed by atoms with van der Waals surface area (Å²) >= 11 is 0. The van der Waals surface area contributed by atoms with E-state index in [0.717, 1.165) is 4.90 Å². The maximum absolute atomic E-state index is 12.9. The van der Waals surface area contributed by atoms with Gasteiger partial charge >= 0.3 is 6.18 Å². The third-order valence-corrected chi connectivity index (χ3v) is 3.90. The molecule has 1 atom stereocenters. The van der Waals surface area contributed by atoms with Crippen LogP contribution in [0.1, 0.15) is 48.8 Å². The molecule has 0 spiro atoms. The van der Waals surface area contributed by atoms with Crippen LogP contribution in [0.5, 0.6) is 0 Å². The van der Waals surface area contributed by atoms with Crippen molar-refractivity contribution in [2.75, 3.05) is 19.8 Å². The standard InChI is InChI=1S/C15H22F3N3O2/c1-10(2)12-7-13(20(3)19-12)14(22)21(9-15(16,17)18)11-5-4-6-23-8-11/h7,10-11H,4-6,8-9H2,1-3H3/t11-/m0/s1. The predicted molar refractivity (Wildman–Crippen MR) is 78.2 cm³/mol. The second-order valence-corrected chi connectivity index (χ2v) is 6.15. The van der Waals surface area contributed by atoms with Crippen LogP contribution in [-0.2, 0) is 11.8 Å². The Morgan fingerprint density at radius 2 is 2.22 bits per heavy atom. The van der Waals surface area contributed by atoms with E-state index < -0.39 is 24.7 Å². The summed E-state index contributed by atoms with van der Waals surface area (Å²) < 4.78 is 45.3. The number of amides is 1. The average molecular weight is 333 g/mol. The molecule has 1 aliphatic rings. The molecular weight excluding hydrogens is 311 g/mol. The summed E-state index contributed by atoms with van der Waals surface area (Å²) in [5.74, 6) is -0.559. The molecule has 23 heavy (non-hydrogen) atoms. The number of rotatable bonds is 4. The lowest BCUT2D eigenvalue weighted by Crippen LogP contribution is -2.49. The first-order chi connectivity index (χ1) is 10.7. The molecule has 0 unspecified atom stereocenters.